The number of fused-ring (bicyclic) bond motifs is 1. The molecule has 0 spiro atoms. The van der Waals surface area contributed by atoms with E-state index >= 15 is 0 Å². The van der Waals surface area contributed by atoms with Crippen LogP contribution in [0.25, 0.3) is 0 Å². The molecule has 0 bridgehead atoms. The largest absolute Gasteiger partial charge is 0.508 e. The SMILES string of the molecule is O=C1CC(CO)=C2C=CC(O)=C[C@H]2O1. The van der Waals surface area contributed by atoms with E-state index < -0.39 is 6.10 Å². The molecule has 1 aliphatic carbocycles. The van der Waals surface area contributed by atoms with Gasteiger partial charge in [-0.3, -0.25) is 4.79 Å². The van der Waals surface area contributed by atoms with E-state index in [0.29, 0.717) is 5.57 Å². The highest BCUT2D eigenvalue weighted by Crippen LogP contribution is 2.27. The van der Waals surface area contributed by atoms with Crippen LogP contribution in [0.2, 0.25) is 0 Å². The lowest BCUT2D eigenvalue weighted by atomic mass is 9.94. The van der Waals surface area contributed by atoms with Crippen LogP contribution in [-0.4, -0.2) is 28.9 Å². The lowest BCUT2D eigenvalue weighted by Crippen LogP contribution is -2.27. The minimum absolute atomic E-state index is 0.0748. The number of aliphatic hydroxyl groups excluding tert-OH is 2. The number of rotatable bonds is 1. The summed E-state index contributed by atoms with van der Waals surface area (Å²) in [7, 11) is 0. The molecule has 1 atom stereocenters. The van der Waals surface area contributed by atoms with Crippen molar-refractivity contribution in [2.45, 2.75) is 12.5 Å². The number of aliphatic hydroxyl groups is 2. The number of ether oxygens (including phenoxy) is 1. The number of esters is 1. The Kier molecular flexibility index (Phi) is 2.13. The molecular weight excluding hydrogens is 184 g/mol. The van der Waals surface area contributed by atoms with Gasteiger partial charge in [0.25, 0.3) is 0 Å². The molecule has 0 saturated heterocycles. The number of carbonyl (C=O) groups is 1. The summed E-state index contributed by atoms with van der Waals surface area (Å²) in [6.45, 7) is -0.153. The quantitative estimate of drug-likeness (QED) is 0.600. The first-order valence-corrected chi connectivity index (χ1v) is 4.32. The van der Waals surface area contributed by atoms with Crippen molar-refractivity contribution >= 4 is 5.97 Å². The molecule has 2 rings (SSSR count). The van der Waals surface area contributed by atoms with Crippen molar-refractivity contribution in [1.82, 2.24) is 0 Å². The molecule has 0 aromatic heterocycles. The van der Waals surface area contributed by atoms with Crippen molar-refractivity contribution in [3.63, 3.8) is 0 Å². The molecule has 0 amide bonds. The standard InChI is InChI=1S/C10H10O4/c11-5-6-3-10(13)14-9-4-7(12)1-2-8(6)9/h1-2,4,9,11-12H,3,5H2/t9-/m1/s1. The van der Waals surface area contributed by atoms with Crippen LogP contribution in [0.5, 0.6) is 0 Å². The molecule has 0 saturated carbocycles. The smallest absolute Gasteiger partial charge is 0.310 e. The third kappa shape index (κ3) is 1.44. The molecule has 4 heteroatoms. The van der Waals surface area contributed by atoms with Gasteiger partial charge >= 0.3 is 5.97 Å². The Morgan fingerprint density at radius 1 is 1.50 bits per heavy atom. The Balaban J connectivity index is 2.40. The van der Waals surface area contributed by atoms with Crippen molar-refractivity contribution in [2.75, 3.05) is 6.61 Å². The monoisotopic (exact) mass is 194 g/mol. The maximum absolute atomic E-state index is 11.1. The molecule has 14 heavy (non-hydrogen) atoms. The van der Waals surface area contributed by atoms with Crippen LogP contribution in [-0.2, 0) is 9.53 Å². The number of hydrogen-bond donors (Lipinski definition) is 2. The molecule has 1 heterocycles. The predicted octanol–water partition coefficient (Wildman–Crippen LogP) is 0.602. The van der Waals surface area contributed by atoms with Crippen molar-refractivity contribution in [3.05, 3.63) is 35.1 Å². The van der Waals surface area contributed by atoms with Gasteiger partial charge in [0.2, 0.25) is 0 Å². The molecule has 0 fully saturated rings. The molecule has 0 aromatic rings. The minimum Gasteiger partial charge on any atom is -0.508 e. The van der Waals surface area contributed by atoms with E-state index in [1.54, 1.807) is 6.08 Å². The van der Waals surface area contributed by atoms with Gasteiger partial charge in [0.15, 0.2) is 0 Å². The van der Waals surface area contributed by atoms with Crippen LogP contribution in [0.3, 0.4) is 0 Å². The summed E-state index contributed by atoms with van der Waals surface area (Å²) in [5.74, 6) is -0.298. The molecule has 0 radical (unpaired) electrons. The van der Waals surface area contributed by atoms with Gasteiger partial charge in [0.05, 0.1) is 13.0 Å². The fraction of sp³-hybridized carbons (Fsp3) is 0.300. The van der Waals surface area contributed by atoms with E-state index in [2.05, 4.69) is 0 Å². The van der Waals surface area contributed by atoms with Gasteiger partial charge in [-0.15, -0.1) is 0 Å². The van der Waals surface area contributed by atoms with Gasteiger partial charge in [-0.05, 0) is 17.2 Å². The molecule has 74 valence electrons. The lowest BCUT2D eigenvalue weighted by molar-refractivity contribution is -0.146. The number of carbonyl (C=O) groups excluding carboxylic acids is 1. The zero-order chi connectivity index (χ0) is 10.1. The predicted molar refractivity (Wildman–Crippen MR) is 48.5 cm³/mol. The normalized spacial score (nSPS) is 25.6. The molecule has 2 aliphatic rings. The van der Waals surface area contributed by atoms with Crippen LogP contribution >= 0.6 is 0 Å². The summed E-state index contributed by atoms with van der Waals surface area (Å²) in [5.41, 5.74) is 1.43. The topological polar surface area (TPSA) is 66.8 Å². The average molecular weight is 194 g/mol. The second kappa shape index (κ2) is 3.31. The van der Waals surface area contributed by atoms with Gasteiger partial charge < -0.3 is 14.9 Å². The van der Waals surface area contributed by atoms with Crippen molar-refractivity contribution < 1.29 is 19.7 Å². The maximum Gasteiger partial charge on any atom is 0.310 e. The second-order valence-electron chi connectivity index (χ2n) is 3.23. The maximum atomic E-state index is 11.1. The van der Waals surface area contributed by atoms with Gasteiger partial charge in [0.1, 0.15) is 11.9 Å². The van der Waals surface area contributed by atoms with E-state index in [9.17, 15) is 9.90 Å². The molecule has 0 unspecified atom stereocenters. The van der Waals surface area contributed by atoms with E-state index in [4.69, 9.17) is 9.84 Å². The summed E-state index contributed by atoms with van der Waals surface area (Å²) < 4.78 is 5.00. The van der Waals surface area contributed by atoms with Gasteiger partial charge in [-0.25, -0.2) is 0 Å². The Morgan fingerprint density at radius 3 is 3.00 bits per heavy atom. The van der Waals surface area contributed by atoms with Crippen molar-refractivity contribution in [1.29, 1.82) is 0 Å². The Hall–Kier alpha value is -1.55. The second-order valence-corrected chi connectivity index (χ2v) is 3.23. The third-order valence-corrected chi connectivity index (χ3v) is 2.28. The lowest BCUT2D eigenvalue weighted by Gasteiger charge is -2.26. The van der Waals surface area contributed by atoms with Gasteiger partial charge in [-0.2, -0.15) is 0 Å². The molecule has 2 N–H and O–H groups in total. The van der Waals surface area contributed by atoms with Crippen LogP contribution in [0.1, 0.15) is 6.42 Å². The highest BCUT2D eigenvalue weighted by Gasteiger charge is 2.27. The molecule has 0 aromatic carbocycles. The molecular formula is C10H10O4. The zero-order valence-electron chi connectivity index (χ0n) is 7.43. The van der Waals surface area contributed by atoms with E-state index in [-0.39, 0.29) is 24.8 Å². The first kappa shape index (κ1) is 9.02. The van der Waals surface area contributed by atoms with E-state index in [0.717, 1.165) is 5.57 Å². The first-order valence-electron chi connectivity index (χ1n) is 4.32. The number of allylic oxidation sites excluding steroid dienone is 1. The highest BCUT2D eigenvalue weighted by molar-refractivity contribution is 5.76. The highest BCUT2D eigenvalue weighted by atomic mass is 16.5. The summed E-state index contributed by atoms with van der Waals surface area (Å²) >= 11 is 0. The zero-order valence-corrected chi connectivity index (χ0v) is 7.43. The molecule has 4 nitrogen and oxygen atoms in total. The first-order chi connectivity index (χ1) is 6.70. The summed E-state index contributed by atoms with van der Waals surface area (Å²) in [5, 5.41) is 18.2. The van der Waals surface area contributed by atoms with Crippen molar-refractivity contribution in [2.24, 2.45) is 0 Å². The molecule has 1 aliphatic heterocycles. The average Bonchev–Trinajstić information content (AvgIpc) is 2.15. The fourth-order valence-electron chi connectivity index (χ4n) is 1.59. The Bertz CT molecular complexity index is 362. The van der Waals surface area contributed by atoms with Crippen molar-refractivity contribution in [3.8, 4) is 0 Å². The van der Waals surface area contributed by atoms with Crippen LogP contribution in [0, 0.1) is 0 Å². The Morgan fingerprint density at radius 2 is 2.29 bits per heavy atom. The minimum atomic E-state index is -0.539. The summed E-state index contributed by atoms with van der Waals surface area (Å²) in [6.07, 6.45) is 4.21. The van der Waals surface area contributed by atoms with Crippen LogP contribution < -0.4 is 0 Å². The number of hydrogen-bond acceptors (Lipinski definition) is 4. The van der Waals surface area contributed by atoms with Crippen LogP contribution in [0.4, 0.5) is 0 Å². The Labute approximate surface area is 80.8 Å². The summed E-state index contributed by atoms with van der Waals surface area (Å²) in [4.78, 5) is 11.1. The van der Waals surface area contributed by atoms with Crippen LogP contribution in [0.15, 0.2) is 35.1 Å². The van der Waals surface area contributed by atoms with Gasteiger partial charge in [0, 0.05) is 6.08 Å². The van der Waals surface area contributed by atoms with E-state index in [1.807, 2.05) is 0 Å². The van der Waals surface area contributed by atoms with Gasteiger partial charge in [-0.1, -0.05) is 6.08 Å². The third-order valence-electron chi connectivity index (χ3n) is 2.28. The summed E-state index contributed by atoms with van der Waals surface area (Å²) in [6, 6.07) is 0. The van der Waals surface area contributed by atoms with E-state index in [1.165, 1.54) is 12.2 Å². The fourth-order valence-corrected chi connectivity index (χ4v) is 1.59.